The number of nitrogens with zero attached hydrogens (tertiary/aromatic N) is 1. The predicted molar refractivity (Wildman–Crippen MR) is 78.7 cm³/mol. The quantitative estimate of drug-likeness (QED) is 0.833. The third-order valence-electron chi connectivity index (χ3n) is 3.42. The molecule has 0 aromatic heterocycles. The maximum atomic E-state index is 11.8. The van der Waals surface area contributed by atoms with E-state index in [2.05, 4.69) is 32.0 Å². The second-order valence-corrected chi connectivity index (χ2v) is 5.24. The molecule has 1 N–H and O–H groups in total. The highest BCUT2D eigenvalue weighted by atomic mass is 16.4. The van der Waals surface area contributed by atoms with Crippen LogP contribution in [0.5, 0.6) is 0 Å². The first-order valence-corrected chi connectivity index (χ1v) is 6.92. The zero-order valence-electron chi connectivity index (χ0n) is 12.5. The highest BCUT2D eigenvalue weighted by Gasteiger charge is 2.10. The number of carboxylic acids is 1. The summed E-state index contributed by atoms with van der Waals surface area (Å²) in [5, 5.41) is 8.58. The predicted octanol–water partition coefficient (Wildman–Crippen LogP) is 2.56. The summed E-state index contributed by atoms with van der Waals surface area (Å²) in [6, 6.07) is 6.35. The largest absolute Gasteiger partial charge is 0.481 e. The molecular weight excluding hydrogens is 254 g/mol. The van der Waals surface area contributed by atoms with Crippen LogP contribution in [0.4, 0.5) is 0 Å². The molecule has 4 nitrogen and oxygen atoms in total. The standard InChI is InChI=1S/C16H23NO3/c1-12-7-8-14(13(2)11-12)5-4-6-15(18)17(3)10-9-16(19)20/h7-8,11H,4-6,9-10H2,1-3H3,(H,19,20). The van der Waals surface area contributed by atoms with Crippen LogP contribution in [0.25, 0.3) is 0 Å². The van der Waals surface area contributed by atoms with Gasteiger partial charge in [-0.3, -0.25) is 9.59 Å². The van der Waals surface area contributed by atoms with Gasteiger partial charge in [-0.2, -0.15) is 0 Å². The first-order valence-electron chi connectivity index (χ1n) is 6.92. The van der Waals surface area contributed by atoms with Crippen molar-refractivity contribution in [2.75, 3.05) is 13.6 Å². The Kier molecular flexibility index (Phi) is 6.22. The van der Waals surface area contributed by atoms with Crippen molar-refractivity contribution in [3.05, 3.63) is 34.9 Å². The summed E-state index contributed by atoms with van der Waals surface area (Å²) in [6.07, 6.45) is 2.13. The van der Waals surface area contributed by atoms with E-state index in [1.165, 1.54) is 21.6 Å². The molecule has 0 aliphatic heterocycles. The van der Waals surface area contributed by atoms with Crippen LogP contribution in [0.2, 0.25) is 0 Å². The Hall–Kier alpha value is -1.84. The molecule has 0 bridgehead atoms. The molecule has 0 radical (unpaired) electrons. The van der Waals surface area contributed by atoms with Gasteiger partial charge < -0.3 is 10.0 Å². The Morgan fingerprint density at radius 1 is 1.20 bits per heavy atom. The molecule has 1 aromatic carbocycles. The van der Waals surface area contributed by atoms with Gasteiger partial charge >= 0.3 is 5.97 Å². The molecule has 0 spiro atoms. The Bertz CT molecular complexity index is 483. The third kappa shape index (κ3) is 5.43. The van der Waals surface area contributed by atoms with E-state index in [9.17, 15) is 9.59 Å². The van der Waals surface area contributed by atoms with Gasteiger partial charge in [-0.25, -0.2) is 0 Å². The highest BCUT2D eigenvalue weighted by Crippen LogP contribution is 2.13. The van der Waals surface area contributed by atoms with E-state index in [1.54, 1.807) is 7.05 Å². The van der Waals surface area contributed by atoms with Gasteiger partial charge in [0.2, 0.25) is 5.91 Å². The van der Waals surface area contributed by atoms with Crippen molar-refractivity contribution in [2.24, 2.45) is 0 Å². The zero-order valence-corrected chi connectivity index (χ0v) is 12.5. The van der Waals surface area contributed by atoms with Crippen LogP contribution in [0, 0.1) is 13.8 Å². The minimum Gasteiger partial charge on any atom is -0.481 e. The minimum atomic E-state index is -0.875. The van der Waals surface area contributed by atoms with Crippen LogP contribution in [0.15, 0.2) is 18.2 Å². The molecule has 4 heteroatoms. The van der Waals surface area contributed by atoms with Crippen molar-refractivity contribution in [3.63, 3.8) is 0 Å². The molecule has 0 aliphatic carbocycles. The van der Waals surface area contributed by atoms with Crippen LogP contribution in [-0.2, 0) is 16.0 Å². The normalized spacial score (nSPS) is 10.3. The molecule has 0 atom stereocenters. The van der Waals surface area contributed by atoms with Crippen LogP contribution >= 0.6 is 0 Å². The first kappa shape index (κ1) is 16.2. The highest BCUT2D eigenvalue weighted by molar-refractivity contribution is 5.76. The Balaban J connectivity index is 2.36. The third-order valence-corrected chi connectivity index (χ3v) is 3.42. The van der Waals surface area contributed by atoms with E-state index in [0.29, 0.717) is 6.42 Å². The summed E-state index contributed by atoms with van der Waals surface area (Å²) >= 11 is 0. The summed E-state index contributed by atoms with van der Waals surface area (Å²) in [6.45, 7) is 4.43. The average molecular weight is 277 g/mol. The number of carbonyl (C=O) groups excluding carboxylic acids is 1. The number of hydrogen-bond donors (Lipinski definition) is 1. The Morgan fingerprint density at radius 2 is 1.90 bits per heavy atom. The van der Waals surface area contributed by atoms with Crippen molar-refractivity contribution in [3.8, 4) is 0 Å². The van der Waals surface area contributed by atoms with Gasteiger partial charge in [0.15, 0.2) is 0 Å². The van der Waals surface area contributed by atoms with Gasteiger partial charge in [-0.15, -0.1) is 0 Å². The number of carbonyl (C=O) groups is 2. The van der Waals surface area contributed by atoms with E-state index in [1.807, 2.05) is 0 Å². The molecule has 0 heterocycles. The smallest absolute Gasteiger partial charge is 0.305 e. The van der Waals surface area contributed by atoms with Crippen molar-refractivity contribution in [1.82, 2.24) is 4.90 Å². The van der Waals surface area contributed by atoms with Crippen LogP contribution in [0.1, 0.15) is 36.0 Å². The molecule has 0 saturated heterocycles. The monoisotopic (exact) mass is 277 g/mol. The van der Waals surface area contributed by atoms with E-state index in [0.717, 1.165) is 12.8 Å². The molecule has 0 saturated carbocycles. The van der Waals surface area contributed by atoms with E-state index >= 15 is 0 Å². The van der Waals surface area contributed by atoms with Crippen molar-refractivity contribution in [1.29, 1.82) is 0 Å². The van der Waals surface area contributed by atoms with Crippen LogP contribution in [0.3, 0.4) is 0 Å². The van der Waals surface area contributed by atoms with E-state index in [4.69, 9.17) is 5.11 Å². The topological polar surface area (TPSA) is 57.6 Å². The van der Waals surface area contributed by atoms with Crippen LogP contribution < -0.4 is 0 Å². The minimum absolute atomic E-state index is 0.000684. The Morgan fingerprint density at radius 3 is 2.50 bits per heavy atom. The van der Waals surface area contributed by atoms with Crippen LogP contribution in [-0.4, -0.2) is 35.5 Å². The van der Waals surface area contributed by atoms with Gasteiger partial charge in [0, 0.05) is 20.0 Å². The van der Waals surface area contributed by atoms with Gasteiger partial charge in [0.25, 0.3) is 0 Å². The summed E-state index contributed by atoms with van der Waals surface area (Å²) in [5.74, 6) is -0.865. The first-order chi connectivity index (χ1) is 9.40. The number of rotatable bonds is 7. The lowest BCUT2D eigenvalue weighted by molar-refractivity contribution is -0.138. The van der Waals surface area contributed by atoms with Crippen molar-refractivity contribution in [2.45, 2.75) is 39.5 Å². The molecule has 1 rings (SSSR count). The summed E-state index contributed by atoms with van der Waals surface area (Å²) in [4.78, 5) is 23.8. The van der Waals surface area contributed by atoms with Gasteiger partial charge in [-0.05, 0) is 37.8 Å². The summed E-state index contributed by atoms with van der Waals surface area (Å²) in [5.41, 5.74) is 3.78. The Labute approximate surface area is 120 Å². The van der Waals surface area contributed by atoms with E-state index in [-0.39, 0.29) is 18.9 Å². The molecule has 0 fully saturated rings. The second kappa shape index (κ2) is 7.68. The number of benzene rings is 1. The number of hydrogen-bond acceptors (Lipinski definition) is 2. The fourth-order valence-corrected chi connectivity index (χ4v) is 2.14. The SMILES string of the molecule is Cc1ccc(CCCC(=O)N(C)CCC(=O)O)c(C)c1. The maximum absolute atomic E-state index is 11.8. The molecule has 1 amide bonds. The lowest BCUT2D eigenvalue weighted by Gasteiger charge is -2.16. The number of amides is 1. The molecular formula is C16H23NO3. The van der Waals surface area contributed by atoms with Gasteiger partial charge in [0.05, 0.1) is 6.42 Å². The van der Waals surface area contributed by atoms with Crippen molar-refractivity contribution < 1.29 is 14.7 Å². The molecule has 0 aliphatic rings. The average Bonchev–Trinajstić information content (AvgIpc) is 2.38. The summed E-state index contributed by atoms with van der Waals surface area (Å²) < 4.78 is 0. The maximum Gasteiger partial charge on any atom is 0.305 e. The van der Waals surface area contributed by atoms with Gasteiger partial charge in [-0.1, -0.05) is 23.8 Å². The number of carboxylic acid groups (broad SMARTS) is 1. The van der Waals surface area contributed by atoms with E-state index < -0.39 is 5.97 Å². The van der Waals surface area contributed by atoms with Crippen molar-refractivity contribution >= 4 is 11.9 Å². The fraction of sp³-hybridized carbons (Fsp3) is 0.500. The second-order valence-electron chi connectivity index (χ2n) is 5.24. The summed E-state index contributed by atoms with van der Waals surface area (Å²) in [7, 11) is 1.66. The molecule has 20 heavy (non-hydrogen) atoms. The molecule has 110 valence electrons. The zero-order chi connectivity index (χ0) is 15.1. The lowest BCUT2D eigenvalue weighted by Crippen LogP contribution is -2.28. The number of aryl methyl sites for hydroxylation is 3. The molecule has 1 aromatic rings. The molecule has 0 unspecified atom stereocenters. The lowest BCUT2D eigenvalue weighted by atomic mass is 10.0. The fourth-order valence-electron chi connectivity index (χ4n) is 2.14. The van der Waals surface area contributed by atoms with Gasteiger partial charge in [0.1, 0.15) is 0 Å². The number of aliphatic carboxylic acids is 1.